The fraction of sp³-hybridized carbons (Fsp3) is 0.875. The van der Waals surface area contributed by atoms with E-state index in [1.54, 1.807) is 6.92 Å². The van der Waals surface area contributed by atoms with E-state index < -0.39 is 0 Å². The van der Waals surface area contributed by atoms with Crippen LogP contribution in [0, 0.1) is 5.92 Å². The van der Waals surface area contributed by atoms with Crippen LogP contribution in [0.3, 0.4) is 0 Å². The summed E-state index contributed by atoms with van der Waals surface area (Å²) in [6.07, 6.45) is 6.79. The molecule has 0 saturated heterocycles. The number of amides is 1. The van der Waals surface area contributed by atoms with E-state index in [1.807, 2.05) is 4.90 Å². The molecule has 4 heteroatoms. The molecule has 1 aliphatic rings. The molecule has 0 aliphatic heterocycles. The molecule has 0 spiro atoms. The first kappa shape index (κ1) is 17.0. The molecule has 1 unspecified atom stereocenters. The fourth-order valence-corrected chi connectivity index (χ4v) is 2.80. The Bertz CT molecular complexity index is 311. The van der Waals surface area contributed by atoms with Crippen LogP contribution in [0.2, 0.25) is 0 Å². The lowest BCUT2D eigenvalue weighted by atomic mass is 9.88. The van der Waals surface area contributed by atoms with Gasteiger partial charge >= 0.3 is 5.97 Å². The number of rotatable bonds is 7. The molecule has 1 rings (SSSR count). The maximum absolute atomic E-state index is 12.6. The van der Waals surface area contributed by atoms with Crippen molar-refractivity contribution in [3.8, 4) is 0 Å². The Hall–Kier alpha value is -1.06. The Kier molecular flexibility index (Phi) is 7.63. The number of hydrogen-bond donors (Lipinski definition) is 0. The minimum absolute atomic E-state index is 0.167. The monoisotopic (exact) mass is 283 g/mol. The van der Waals surface area contributed by atoms with Gasteiger partial charge in [0.25, 0.3) is 0 Å². The lowest BCUT2D eigenvalue weighted by Gasteiger charge is -2.33. The molecule has 0 aromatic heterocycles. The normalized spacial score (nSPS) is 17.6. The molecule has 0 aromatic rings. The van der Waals surface area contributed by atoms with Crippen LogP contribution in [0.15, 0.2) is 0 Å². The Balaban J connectivity index is 2.58. The SMILES string of the molecule is CCOC(=O)CCN(C(=O)C1CCCCC1)C(C)CC. The van der Waals surface area contributed by atoms with Gasteiger partial charge in [0.05, 0.1) is 13.0 Å². The molecule has 1 aliphatic carbocycles. The zero-order chi connectivity index (χ0) is 15.0. The molecule has 1 fully saturated rings. The summed E-state index contributed by atoms with van der Waals surface area (Å²) in [5.41, 5.74) is 0. The van der Waals surface area contributed by atoms with Crippen LogP contribution in [-0.2, 0) is 14.3 Å². The van der Waals surface area contributed by atoms with Gasteiger partial charge in [-0.3, -0.25) is 9.59 Å². The van der Waals surface area contributed by atoms with Crippen molar-refractivity contribution in [3.63, 3.8) is 0 Å². The fourth-order valence-electron chi connectivity index (χ4n) is 2.80. The average Bonchev–Trinajstić information content (AvgIpc) is 2.48. The first-order valence-corrected chi connectivity index (χ1v) is 8.06. The van der Waals surface area contributed by atoms with Gasteiger partial charge in [-0.1, -0.05) is 26.2 Å². The first-order chi connectivity index (χ1) is 9.60. The largest absolute Gasteiger partial charge is 0.466 e. The van der Waals surface area contributed by atoms with Crippen molar-refractivity contribution >= 4 is 11.9 Å². The molecule has 116 valence electrons. The highest BCUT2D eigenvalue weighted by molar-refractivity contribution is 5.80. The van der Waals surface area contributed by atoms with E-state index in [0.717, 1.165) is 32.1 Å². The van der Waals surface area contributed by atoms with Gasteiger partial charge in [-0.05, 0) is 33.1 Å². The summed E-state index contributed by atoms with van der Waals surface area (Å²) in [4.78, 5) is 26.0. The predicted octanol–water partition coefficient (Wildman–Crippen LogP) is 3.15. The van der Waals surface area contributed by atoms with E-state index >= 15 is 0 Å². The molecular weight excluding hydrogens is 254 g/mol. The summed E-state index contributed by atoms with van der Waals surface area (Å²) >= 11 is 0. The standard InChI is InChI=1S/C16H29NO3/c1-4-13(3)17(12-11-15(18)20-5-2)16(19)14-9-7-6-8-10-14/h13-14H,4-12H2,1-3H3. The third kappa shape index (κ3) is 5.14. The highest BCUT2D eigenvalue weighted by Gasteiger charge is 2.28. The molecule has 0 heterocycles. The number of carbonyl (C=O) groups excluding carboxylic acids is 2. The van der Waals surface area contributed by atoms with Crippen LogP contribution in [0.4, 0.5) is 0 Å². The molecule has 1 amide bonds. The Morgan fingerprint density at radius 2 is 1.85 bits per heavy atom. The summed E-state index contributed by atoms with van der Waals surface area (Å²) in [6, 6.07) is 0.193. The van der Waals surface area contributed by atoms with Crippen molar-refractivity contribution in [1.82, 2.24) is 4.90 Å². The van der Waals surface area contributed by atoms with Crippen molar-refractivity contribution in [2.24, 2.45) is 5.92 Å². The number of nitrogens with zero attached hydrogens (tertiary/aromatic N) is 1. The molecule has 20 heavy (non-hydrogen) atoms. The summed E-state index contributed by atoms with van der Waals surface area (Å²) in [6.45, 7) is 6.83. The van der Waals surface area contributed by atoms with Crippen LogP contribution < -0.4 is 0 Å². The summed E-state index contributed by atoms with van der Waals surface area (Å²) in [7, 11) is 0. The smallest absolute Gasteiger partial charge is 0.307 e. The maximum Gasteiger partial charge on any atom is 0.307 e. The lowest BCUT2D eigenvalue weighted by Crippen LogP contribution is -2.43. The zero-order valence-corrected chi connectivity index (χ0v) is 13.2. The molecule has 1 saturated carbocycles. The van der Waals surface area contributed by atoms with Gasteiger partial charge in [0, 0.05) is 18.5 Å². The second kappa shape index (κ2) is 8.98. The van der Waals surface area contributed by atoms with Crippen molar-refractivity contribution in [3.05, 3.63) is 0 Å². The Morgan fingerprint density at radius 3 is 2.40 bits per heavy atom. The van der Waals surface area contributed by atoms with Gasteiger partial charge in [-0.15, -0.1) is 0 Å². The second-order valence-corrected chi connectivity index (χ2v) is 5.68. The zero-order valence-electron chi connectivity index (χ0n) is 13.2. The quantitative estimate of drug-likeness (QED) is 0.674. The number of carbonyl (C=O) groups is 2. The van der Waals surface area contributed by atoms with Gasteiger partial charge in [0.1, 0.15) is 0 Å². The van der Waals surface area contributed by atoms with Gasteiger partial charge in [-0.25, -0.2) is 0 Å². The molecular formula is C16H29NO3. The lowest BCUT2D eigenvalue weighted by molar-refractivity contribution is -0.145. The summed E-state index contributed by atoms with van der Waals surface area (Å²) in [5, 5.41) is 0. The summed E-state index contributed by atoms with van der Waals surface area (Å²) in [5.74, 6) is 0.195. The van der Waals surface area contributed by atoms with E-state index in [1.165, 1.54) is 6.42 Å². The van der Waals surface area contributed by atoms with Gasteiger partial charge in [0.2, 0.25) is 5.91 Å². The van der Waals surface area contributed by atoms with Gasteiger partial charge in [-0.2, -0.15) is 0 Å². The van der Waals surface area contributed by atoms with E-state index in [-0.39, 0.29) is 23.8 Å². The van der Waals surface area contributed by atoms with Crippen LogP contribution in [0.25, 0.3) is 0 Å². The molecule has 0 N–H and O–H groups in total. The van der Waals surface area contributed by atoms with Gasteiger partial charge < -0.3 is 9.64 Å². The topological polar surface area (TPSA) is 46.6 Å². The predicted molar refractivity (Wildman–Crippen MR) is 79.3 cm³/mol. The number of esters is 1. The van der Waals surface area contributed by atoms with Crippen molar-refractivity contribution in [1.29, 1.82) is 0 Å². The van der Waals surface area contributed by atoms with Crippen LogP contribution in [-0.4, -0.2) is 36.0 Å². The Labute approximate surface area is 122 Å². The number of ether oxygens (including phenoxy) is 1. The highest BCUT2D eigenvalue weighted by Crippen LogP contribution is 2.26. The van der Waals surface area contributed by atoms with E-state index in [4.69, 9.17) is 4.74 Å². The van der Waals surface area contributed by atoms with Crippen LogP contribution in [0.5, 0.6) is 0 Å². The van der Waals surface area contributed by atoms with Crippen molar-refractivity contribution in [2.75, 3.05) is 13.2 Å². The Morgan fingerprint density at radius 1 is 1.20 bits per heavy atom. The summed E-state index contributed by atoms with van der Waals surface area (Å²) < 4.78 is 4.95. The second-order valence-electron chi connectivity index (χ2n) is 5.68. The maximum atomic E-state index is 12.6. The minimum atomic E-state index is -0.211. The average molecular weight is 283 g/mol. The third-order valence-electron chi connectivity index (χ3n) is 4.22. The first-order valence-electron chi connectivity index (χ1n) is 8.06. The van der Waals surface area contributed by atoms with Crippen molar-refractivity contribution in [2.45, 2.75) is 71.8 Å². The van der Waals surface area contributed by atoms with E-state index in [0.29, 0.717) is 19.6 Å². The minimum Gasteiger partial charge on any atom is -0.466 e. The van der Waals surface area contributed by atoms with Gasteiger partial charge in [0.15, 0.2) is 0 Å². The third-order valence-corrected chi connectivity index (χ3v) is 4.22. The molecule has 0 bridgehead atoms. The van der Waals surface area contributed by atoms with Crippen LogP contribution in [0.1, 0.15) is 65.7 Å². The van der Waals surface area contributed by atoms with Crippen molar-refractivity contribution < 1.29 is 14.3 Å². The van der Waals surface area contributed by atoms with E-state index in [2.05, 4.69) is 13.8 Å². The number of hydrogen-bond acceptors (Lipinski definition) is 3. The molecule has 1 atom stereocenters. The molecule has 4 nitrogen and oxygen atoms in total. The molecule has 0 radical (unpaired) electrons. The molecule has 0 aromatic carbocycles. The van der Waals surface area contributed by atoms with Crippen LogP contribution >= 0.6 is 0 Å². The van der Waals surface area contributed by atoms with E-state index in [9.17, 15) is 9.59 Å². The highest BCUT2D eigenvalue weighted by atomic mass is 16.5.